The molecule has 6 aromatic rings. The molecular formula is C31H21F5N8. The summed E-state index contributed by atoms with van der Waals surface area (Å²) in [7, 11) is 0. The molecule has 0 N–H and O–H groups in total. The quantitative estimate of drug-likeness (QED) is 0.190. The lowest BCUT2D eigenvalue weighted by atomic mass is 10.3. The van der Waals surface area contributed by atoms with Crippen molar-refractivity contribution in [1.29, 1.82) is 0 Å². The second-order valence-corrected chi connectivity index (χ2v) is 9.07. The van der Waals surface area contributed by atoms with Crippen molar-refractivity contribution >= 4 is 22.1 Å². The van der Waals surface area contributed by atoms with Gasteiger partial charge in [-0.2, -0.15) is 30.0 Å². The summed E-state index contributed by atoms with van der Waals surface area (Å²) >= 11 is 0. The number of fused-ring (bicyclic) bond motifs is 2. The molecule has 0 amide bonds. The minimum Gasteiger partial charge on any atom is -0.248 e. The van der Waals surface area contributed by atoms with Crippen LogP contribution in [0.1, 0.15) is 29.9 Å². The van der Waals surface area contributed by atoms with Gasteiger partial charge in [0.25, 0.3) is 0 Å². The van der Waals surface area contributed by atoms with E-state index >= 15 is 0 Å². The number of rotatable bonds is 5. The van der Waals surface area contributed by atoms with E-state index in [0.717, 1.165) is 24.3 Å². The molecule has 2 aromatic carbocycles. The first-order valence-electron chi connectivity index (χ1n) is 13.2. The molecule has 0 radical (unpaired) electrons. The van der Waals surface area contributed by atoms with Crippen LogP contribution in [-0.2, 0) is 19.8 Å². The number of alkyl halides is 1. The fourth-order valence-electron chi connectivity index (χ4n) is 3.79. The Balaban J connectivity index is 0.000000175. The summed E-state index contributed by atoms with van der Waals surface area (Å²) in [5.74, 6) is 7.82. The van der Waals surface area contributed by atoms with E-state index in [1.54, 1.807) is 24.4 Å². The number of aryl methyl sites for hydroxylation is 2. The minimum atomic E-state index is -0.955. The number of halogens is 5. The Bertz CT molecular complexity index is 1960. The fourth-order valence-corrected chi connectivity index (χ4v) is 3.79. The second kappa shape index (κ2) is 14.0. The molecule has 0 atom stereocenters. The summed E-state index contributed by atoms with van der Waals surface area (Å²) in [5.41, 5.74) is 2.74. The third-order valence-electron chi connectivity index (χ3n) is 5.84. The average Bonchev–Trinajstić information content (AvgIpc) is 3.61. The summed E-state index contributed by atoms with van der Waals surface area (Å²) in [4.78, 5) is 10.8. The molecule has 0 unspecified atom stereocenters. The van der Waals surface area contributed by atoms with Crippen LogP contribution >= 0.6 is 0 Å². The van der Waals surface area contributed by atoms with Gasteiger partial charge in [-0.3, -0.25) is 0 Å². The van der Waals surface area contributed by atoms with Crippen molar-refractivity contribution in [3.8, 4) is 23.7 Å². The molecule has 0 saturated carbocycles. The Morgan fingerprint density at radius 1 is 0.591 bits per heavy atom. The average molecular weight is 601 g/mol. The number of hydrogen-bond donors (Lipinski definition) is 0. The lowest BCUT2D eigenvalue weighted by Gasteiger charge is -1.94. The van der Waals surface area contributed by atoms with Gasteiger partial charge in [-0.25, -0.2) is 31.9 Å². The fraction of sp³-hybridized carbons (Fsp3) is 0.161. The molecular weight excluding hydrogens is 579 g/mol. The van der Waals surface area contributed by atoms with Crippen LogP contribution < -0.4 is 0 Å². The van der Waals surface area contributed by atoms with Crippen LogP contribution in [0.15, 0.2) is 66.9 Å². The van der Waals surface area contributed by atoms with Gasteiger partial charge in [0.05, 0.1) is 18.8 Å². The van der Waals surface area contributed by atoms with Crippen molar-refractivity contribution in [2.24, 2.45) is 0 Å². The molecule has 44 heavy (non-hydrogen) atoms. The summed E-state index contributed by atoms with van der Waals surface area (Å²) in [6.45, 7) is 0.178. The summed E-state index contributed by atoms with van der Waals surface area (Å²) < 4.78 is 64.8. The molecule has 0 spiro atoms. The van der Waals surface area contributed by atoms with E-state index in [1.165, 1.54) is 9.59 Å². The Kier molecular flexibility index (Phi) is 9.47. The molecule has 4 aromatic heterocycles. The number of benzene rings is 2. The van der Waals surface area contributed by atoms with Crippen molar-refractivity contribution in [2.75, 3.05) is 0 Å². The van der Waals surface area contributed by atoms with Gasteiger partial charge in [0.15, 0.2) is 23.3 Å². The van der Waals surface area contributed by atoms with E-state index < -0.39 is 29.9 Å². The van der Waals surface area contributed by atoms with Crippen molar-refractivity contribution in [3.63, 3.8) is 0 Å². The highest BCUT2D eigenvalue weighted by Gasteiger charge is 2.09. The predicted molar refractivity (Wildman–Crippen MR) is 151 cm³/mol. The largest absolute Gasteiger partial charge is 0.248 e. The Labute approximate surface area is 247 Å². The highest BCUT2D eigenvalue weighted by atomic mass is 19.2. The number of hydrogen-bond acceptors (Lipinski definition) is 6. The molecule has 0 bridgehead atoms. The standard InChI is InChI=1S/C16H11F3N4.C15H10F2N4/c17-10-12-6-3-5-11(20-12)4-1-2-7-23-21-15-8-13(18)14(19)9-16(15)22-23;16-12-9-14-15(10-13(12)17)20-21(19-14)8-4-2-6-11-5-1-3-7-18-11/h3,5-6,8-9H,2,7,10H2;1,3,5,7,9-10H,4,8H2. The number of aromatic nitrogens is 8. The van der Waals surface area contributed by atoms with Gasteiger partial charge in [-0.15, -0.1) is 0 Å². The zero-order chi connectivity index (χ0) is 30.9. The van der Waals surface area contributed by atoms with Crippen molar-refractivity contribution < 1.29 is 22.0 Å². The van der Waals surface area contributed by atoms with Gasteiger partial charge in [-0.1, -0.05) is 24.0 Å². The van der Waals surface area contributed by atoms with E-state index in [2.05, 4.69) is 54.0 Å². The van der Waals surface area contributed by atoms with Crippen LogP contribution in [0.4, 0.5) is 22.0 Å². The lowest BCUT2D eigenvalue weighted by Crippen LogP contribution is -2.01. The van der Waals surface area contributed by atoms with E-state index in [0.29, 0.717) is 54.0 Å². The Morgan fingerprint density at radius 3 is 1.52 bits per heavy atom. The van der Waals surface area contributed by atoms with E-state index in [4.69, 9.17) is 0 Å². The van der Waals surface area contributed by atoms with Gasteiger partial charge in [0.1, 0.15) is 40.1 Å². The third kappa shape index (κ3) is 7.77. The first-order chi connectivity index (χ1) is 21.4. The van der Waals surface area contributed by atoms with Gasteiger partial charge in [-0.05, 0) is 36.1 Å². The van der Waals surface area contributed by atoms with Gasteiger partial charge >= 0.3 is 0 Å². The van der Waals surface area contributed by atoms with E-state index in [-0.39, 0.29) is 11.0 Å². The highest BCUT2D eigenvalue weighted by Crippen LogP contribution is 2.15. The summed E-state index contributed by atoms with van der Waals surface area (Å²) in [6.07, 6.45) is 2.62. The van der Waals surface area contributed by atoms with Crippen LogP contribution in [0.25, 0.3) is 22.1 Å². The molecule has 0 aliphatic rings. The molecule has 0 saturated heterocycles. The highest BCUT2D eigenvalue weighted by molar-refractivity contribution is 5.74. The number of pyridine rings is 2. The van der Waals surface area contributed by atoms with Gasteiger partial charge in [0, 0.05) is 43.3 Å². The van der Waals surface area contributed by atoms with Crippen LogP contribution in [0.3, 0.4) is 0 Å². The van der Waals surface area contributed by atoms with E-state index in [1.807, 2.05) is 18.2 Å². The lowest BCUT2D eigenvalue weighted by molar-refractivity contribution is 0.476. The van der Waals surface area contributed by atoms with Crippen LogP contribution in [0, 0.1) is 47.0 Å². The zero-order valence-electron chi connectivity index (χ0n) is 22.9. The van der Waals surface area contributed by atoms with Gasteiger partial charge < -0.3 is 0 Å². The number of nitrogens with zero attached hydrogens (tertiary/aromatic N) is 8. The Morgan fingerprint density at radius 2 is 1.07 bits per heavy atom. The Hall–Kier alpha value is -5.69. The topological polar surface area (TPSA) is 87.2 Å². The third-order valence-corrected chi connectivity index (χ3v) is 5.84. The molecule has 220 valence electrons. The molecule has 4 heterocycles. The molecule has 0 aliphatic heterocycles. The zero-order valence-corrected chi connectivity index (χ0v) is 22.9. The summed E-state index contributed by atoms with van der Waals surface area (Å²) in [5, 5.41) is 16.3. The second-order valence-electron chi connectivity index (χ2n) is 9.07. The monoisotopic (exact) mass is 600 g/mol. The molecule has 0 aliphatic carbocycles. The van der Waals surface area contributed by atoms with Crippen LogP contribution in [-0.4, -0.2) is 40.0 Å². The maximum atomic E-state index is 13.1. The molecule has 6 rings (SSSR count). The molecule has 0 fully saturated rings. The molecule has 13 heteroatoms. The van der Waals surface area contributed by atoms with Crippen LogP contribution in [0.2, 0.25) is 0 Å². The van der Waals surface area contributed by atoms with Crippen LogP contribution in [0.5, 0.6) is 0 Å². The van der Waals surface area contributed by atoms with Crippen molar-refractivity contribution in [2.45, 2.75) is 32.6 Å². The minimum absolute atomic E-state index is 0.286. The normalized spacial score (nSPS) is 10.5. The predicted octanol–water partition coefficient (Wildman–Crippen LogP) is 5.56. The summed E-state index contributed by atoms with van der Waals surface area (Å²) in [6, 6.07) is 14.6. The van der Waals surface area contributed by atoms with Crippen molar-refractivity contribution in [1.82, 2.24) is 40.0 Å². The molecule has 8 nitrogen and oxygen atoms in total. The smallest absolute Gasteiger partial charge is 0.161 e. The van der Waals surface area contributed by atoms with E-state index in [9.17, 15) is 22.0 Å². The first kappa shape index (κ1) is 29.8. The maximum Gasteiger partial charge on any atom is 0.161 e. The van der Waals surface area contributed by atoms with Crippen molar-refractivity contribution in [3.05, 3.63) is 107 Å². The van der Waals surface area contributed by atoms with Gasteiger partial charge in [0.2, 0.25) is 0 Å². The SMILES string of the molecule is FCc1cccc(C#CCCn2nc3cc(F)c(F)cc3n2)n1.Fc1cc2nn(CCC#Cc3ccccn3)nc2cc1F. The maximum absolute atomic E-state index is 13.1. The first-order valence-corrected chi connectivity index (χ1v) is 13.2.